The normalized spacial score (nSPS) is 12.6. The summed E-state index contributed by atoms with van der Waals surface area (Å²) in [5.74, 6) is -0.0307. The van der Waals surface area contributed by atoms with Gasteiger partial charge in [-0.1, -0.05) is 12.7 Å². The first-order chi connectivity index (χ1) is 4.22. The van der Waals surface area contributed by atoms with E-state index in [1.807, 2.05) is 7.85 Å². The summed E-state index contributed by atoms with van der Waals surface area (Å²) in [7, 11) is 5.36. The molecule has 0 amide bonds. The first-order valence-electron chi connectivity index (χ1n) is 3.30. The maximum Gasteiger partial charge on any atom is 0.300 e. The van der Waals surface area contributed by atoms with E-state index in [-0.39, 0.29) is 11.8 Å². The van der Waals surface area contributed by atoms with Gasteiger partial charge in [0, 0.05) is 5.82 Å². The van der Waals surface area contributed by atoms with Gasteiger partial charge in [-0.05, 0) is 0 Å². The molecule has 0 radical (unpaired) electrons. The Morgan fingerprint density at radius 2 is 2.33 bits per heavy atom. The monoisotopic (exact) mass is 126 g/mol. The standard InChI is InChI=1S/C5H12B2O2/c1-9-5(8)4(7)2-3-6/h4H,2-3,6-7H2,1H3. The summed E-state index contributed by atoms with van der Waals surface area (Å²) in [5, 5.41) is 0. The number of carbonyl (C=O) groups excluding carboxylic acids is 1. The van der Waals surface area contributed by atoms with E-state index in [1.165, 1.54) is 7.11 Å². The van der Waals surface area contributed by atoms with Crippen LogP contribution in [-0.4, -0.2) is 28.8 Å². The highest BCUT2D eigenvalue weighted by Gasteiger charge is 2.10. The van der Waals surface area contributed by atoms with Crippen LogP contribution in [0.25, 0.3) is 0 Å². The Hall–Kier alpha value is -0.400. The zero-order valence-corrected chi connectivity index (χ0v) is 6.31. The largest absolute Gasteiger partial charge is 0.469 e. The van der Waals surface area contributed by atoms with E-state index in [4.69, 9.17) is 0 Å². The smallest absolute Gasteiger partial charge is 0.300 e. The molecule has 0 aromatic carbocycles. The second kappa shape index (κ2) is 4.48. The van der Waals surface area contributed by atoms with Crippen molar-refractivity contribution in [1.82, 2.24) is 0 Å². The molecule has 0 N–H and O–H groups in total. The third kappa shape index (κ3) is 3.22. The van der Waals surface area contributed by atoms with Crippen LogP contribution >= 0.6 is 0 Å². The van der Waals surface area contributed by atoms with Gasteiger partial charge in [0.05, 0.1) is 7.11 Å². The van der Waals surface area contributed by atoms with Crippen molar-refractivity contribution in [3.05, 3.63) is 0 Å². The van der Waals surface area contributed by atoms with E-state index in [0.717, 1.165) is 12.7 Å². The van der Waals surface area contributed by atoms with Gasteiger partial charge in [0.1, 0.15) is 15.7 Å². The maximum absolute atomic E-state index is 10.7. The summed E-state index contributed by atoms with van der Waals surface area (Å²) in [4.78, 5) is 10.7. The number of carbonyl (C=O) groups is 1. The number of rotatable bonds is 3. The van der Waals surface area contributed by atoms with Gasteiger partial charge in [0.2, 0.25) is 0 Å². The van der Waals surface area contributed by atoms with Crippen LogP contribution in [0, 0.1) is 0 Å². The Labute approximate surface area is 57.8 Å². The highest BCUT2D eigenvalue weighted by molar-refractivity contribution is 6.23. The topological polar surface area (TPSA) is 26.3 Å². The van der Waals surface area contributed by atoms with E-state index in [2.05, 4.69) is 12.6 Å². The lowest BCUT2D eigenvalue weighted by Gasteiger charge is -2.05. The molecular weight excluding hydrogens is 114 g/mol. The van der Waals surface area contributed by atoms with Gasteiger partial charge in [-0.25, -0.2) is 0 Å². The van der Waals surface area contributed by atoms with Gasteiger partial charge in [0.25, 0.3) is 5.97 Å². The lowest BCUT2D eigenvalue weighted by Crippen LogP contribution is -2.09. The van der Waals surface area contributed by atoms with Gasteiger partial charge in [-0.3, -0.25) is 4.79 Å². The summed E-state index contributed by atoms with van der Waals surface area (Å²) < 4.78 is 4.53. The molecule has 9 heavy (non-hydrogen) atoms. The third-order valence-corrected chi connectivity index (χ3v) is 1.33. The number of hydrogen-bond acceptors (Lipinski definition) is 2. The zero-order valence-electron chi connectivity index (χ0n) is 6.31. The maximum atomic E-state index is 10.7. The Morgan fingerprint density at radius 3 is 2.67 bits per heavy atom. The molecule has 0 aliphatic rings. The van der Waals surface area contributed by atoms with Crippen molar-refractivity contribution < 1.29 is 9.53 Å². The molecule has 50 valence electrons. The molecule has 4 heteroatoms. The van der Waals surface area contributed by atoms with Crippen molar-refractivity contribution >= 4 is 21.7 Å². The molecule has 0 aromatic rings. The van der Waals surface area contributed by atoms with Gasteiger partial charge in [-0.2, -0.15) is 0 Å². The van der Waals surface area contributed by atoms with E-state index in [9.17, 15) is 4.79 Å². The minimum atomic E-state index is -0.100. The Kier molecular flexibility index (Phi) is 4.28. The van der Waals surface area contributed by atoms with E-state index in [1.54, 1.807) is 0 Å². The number of ether oxygens (including phenoxy) is 1. The Morgan fingerprint density at radius 1 is 1.78 bits per heavy atom. The van der Waals surface area contributed by atoms with E-state index >= 15 is 0 Å². The number of methoxy groups -OCH3 is 1. The number of esters is 1. The predicted molar refractivity (Wildman–Crippen MR) is 42.3 cm³/mol. The molecular formula is C5H12B2O2. The second-order valence-corrected chi connectivity index (χ2v) is 2.21. The van der Waals surface area contributed by atoms with Crippen molar-refractivity contribution in [2.24, 2.45) is 0 Å². The fourth-order valence-corrected chi connectivity index (χ4v) is 0.752. The third-order valence-electron chi connectivity index (χ3n) is 1.33. The van der Waals surface area contributed by atoms with Crippen molar-refractivity contribution in [2.75, 3.05) is 7.11 Å². The highest BCUT2D eigenvalue weighted by Crippen LogP contribution is 2.08. The first kappa shape index (κ1) is 8.60. The molecule has 0 saturated carbocycles. The van der Waals surface area contributed by atoms with Crippen LogP contribution in [0.2, 0.25) is 12.1 Å². The molecule has 0 fully saturated rings. The lowest BCUT2D eigenvalue weighted by molar-refractivity contribution is -0.140. The van der Waals surface area contributed by atoms with E-state index in [0.29, 0.717) is 0 Å². The minimum absolute atomic E-state index is 0.0694. The van der Waals surface area contributed by atoms with Crippen LogP contribution < -0.4 is 0 Å². The average Bonchev–Trinajstić information content (AvgIpc) is 1.87. The van der Waals surface area contributed by atoms with Gasteiger partial charge < -0.3 is 4.74 Å². The zero-order chi connectivity index (χ0) is 7.28. The highest BCUT2D eigenvalue weighted by atomic mass is 16.5. The van der Waals surface area contributed by atoms with Crippen LogP contribution in [-0.2, 0) is 9.53 Å². The summed E-state index contributed by atoms with van der Waals surface area (Å²) >= 11 is 0. The quantitative estimate of drug-likeness (QED) is 0.358. The minimum Gasteiger partial charge on any atom is -0.469 e. The molecule has 0 spiro atoms. The fraction of sp³-hybridized carbons (Fsp3) is 0.800. The molecule has 2 nitrogen and oxygen atoms in total. The van der Waals surface area contributed by atoms with Crippen LogP contribution in [0.1, 0.15) is 6.42 Å². The Bertz CT molecular complexity index is 95.0. The molecule has 0 bridgehead atoms. The second-order valence-electron chi connectivity index (χ2n) is 2.21. The van der Waals surface area contributed by atoms with Crippen LogP contribution in [0.5, 0.6) is 0 Å². The number of hydrogen-bond donors (Lipinski definition) is 0. The van der Waals surface area contributed by atoms with Crippen molar-refractivity contribution in [1.29, 1.82) is 0 Å². The van der Waals surface area contributed by atoms with Gasteiger partial charge >= 0.3 is 0 Å². The fourth-order valence-electron chi connectivity index (χ4n) is 0.752. The summed E-state index contributed by atoms with van der Waals surface area (Å²) in [6.45, 7) is 0. The summed E-state index contributed by atoms with van der Waals surface area (Å²) in [6, 6.07) is 0. The average molecular weight is 126 g/mol. The molecule has 0 saturated heterocycles. The first-order valence-corrected chi connectivity index (χ1v) is 3.30. The molecule has 0 heterocycles. The van der Waals surface area contributed by atoms with Crippen molar-refractivity contribution in [3.63, 3.8) is 0 Å². The SMILES string of the molecule is BCCC(B)C(=O)OC. The van der Waals surface area contributed by atoms with Crippen molar-refractivity contribution in [3.8, 4) is 0 Å². The van der Waals surface area contributed by atoms with Crippen LogP contribution in [0.3, 0.4) is 0 Å². The molecule has 1 unspecified atom stereocenters. The summed E-state index contributed by atoms with van der Waals surface area (Å²) in [5.41, 5.74) is 0. The van der Waals surface area contributed by atoms with Crippen LogP contribution in [0.4, 0.5) is 0 Å². The lowest BCUT2D eigenvalue weighted by atomic mass is 9.80. The molecule has 0 aromatic heterocycles. The Balaban J connectivity index is 3.45. The van der Waals surface area contributed by atoms with Crippen LogP contribution in [0.15, 0.2) is 0 Å². The predicted octanol–water partition coefficient (Wildman–Crippen LogP) is -0.978. The van der Waals surface area contributed by atoms with Gasteiger partial charge in [0.15, 0.2) is 0 Å². The molecule has 0 aliphatic carbocycles. The molecule has 0 rings (SSSR count). The van der Waals surface area contributed by atoms with Crippen molar-refractivity contribution in [2.45, 2.75) is 18.6 Å². The van der Waals surface area contributed by atoms with E-state index < -0.39 is 0 Å². The van der Waals surface area contributed by atoms with Gasteiger partial charge in [-0.15, -0.1) is 0 Å². The molecule has 0 aliphatic heterocycles. The summed E-state index contributed by atoms with van der Waals surface area (Å²) in [6.07, 6.45) is 1.96. The molecule has 1 atom stereocenters.